The van der Waals surface area contributed by atoms with Gasteiger partial charge in [-0.3, -0.25) is 4.57 Å². The van der Waals surface area contributed by atoms with Crippen LogP contribution >= 0.6 is 0 Å². The van der Waals surface area contributed by atoms with Gasteiger partial charge in [-0.05, 0) is 51.2 Å². The standard InChI is InChI=1S/C27H35N7O4/c1-3-32-16-28-19-12-18(13-20(37-2)24(19)32)22-23-25(34(17-29-23)21-6-4-5-11-38-21)31-26(30-22)33-9-7-27(14-35,15-36)8-10-33/h12-13,16-17,21,35-36H,3-11,14-15H2,1-2H3. The summed E-state index contributed by atoms with van der Waals surface area (Å²) < 4.78 is 16.0. The van der Waals surface area contributed by atoms with E-state index in [-0.39, 0.29) is 19.4 Å². The highest BCUT2D eigenvalue weighted by Gasteiger charge is 2.35. The minimum absolute atomic E-state index is 0.0293. The summed E-state index contributed by atoms with van der Waals surface area (Å²) in [5, 5.41) is 19.8. The van der Waals surface area contributed by atoms with Gasteiger partial charge in [0.25, 0.3) is 0 Å². The van der Waals surface area contributed by atoms with Gasteiger partial charge < -0.3 is 29.2 Å². The fourth-order valence-electron chi connectivity index (χ4n) is 5.65. The van der Waals surface area contributed by atoms with Gasteiger partial charge in [-0.1, -0.05) is 0 Å². The lowest BCUT2D eigenvalue weighted by atomic mass is 9.80. The topological polar surface area (TPSA) is 124 Å². The molecule has 38 heavy (non-hydrogen) atoms. The number of hydrogen-bond donors (Lipinski definition) is 2. The molecular weight excluding hydrogens is 486 g/mol. The first kappa shape index (κ1) is 25.0. The summed E-state index contributed by atoms with van der Waals surface area (Å²) in [6.45, 7) is 4.82. The Balaban J connectivity index is 1.49. The zero-order valence-electron chi connectivity index (χ0n) is 22.0. The van der Waals surface area contributed by atoms with Gasteiger partial charge >= 0.3 is 0 Å². The molecule has 0 spiro atoms. The molecule has 3 aromatic heterocycles. The van der Waals surface area contributed by atoms with Crippen LogP contribution in [0, 0.1) is 5.41 Å². The summed E-state index contributed by atoms with van der Waals surface area (Å²) in [6, 6.07) is 4.03. The largest absolute Gasteiger partial charge is 0.494 e. The lowest BCUT2D eigenvalue weighted by Gasteiger charge is -2.39. The highest BCUT2D eigenvalue weighted by atomic mass is 16.5. The summed E-state index contributed by atoms with van der Waals surface area (Å²) in [5.41, 5.74) is 4.33. The molecule has 6 rings (SSSR count). The fraction of sp³-hybridized carbons (Fsp3) is 0.556. The number of fused-ring (bicyclic) bond motifs is 2. The molecule has 11 nitrogen and oxygen atoms in total. The zero-order valence-corrected chi connectivity index (χ0v) is 22.0. The van der Waals surface area contributed by atoms with Crippen LogP contribution in [0.5, 0.6) is 5.75 Å². The molecule has 202 valence electrons. The van der Waals surface area contributed by atoms with Crippen LogP contribution < -0.4 is 9.64 Å². The molecule has 0 aliphatic carbocycles. The van der Waals surface area contributed by atoms with Crippen molar-refractivity contribution in [2.75, 3.05) is 44.9 Å². The maximum Gasteiger partial charge on any atom is 0.228 e. The molecule has 2 aliphatic heterocycles. The number of aromatic nitrogens is 6. The molecule has 1 atom stereocenters. The van der Waals surface area contributed by atoms with E-state index in [1.807, 2.05) is 29.4 Å². The van der Waals surface area contributed by atoms with Crippen molar-refractivity contribution >= 4 is 28.1 Å². The molecule has 2 aliphatic rings. The van der Waals surface area contributed by atoms with Crippen molar-refractivity contribution in [3.8, 4) is 17.0 Å². The van der Waals surface area contributed by atoms with Gasteiger partial charge in [0.2, 0.25) is 5.95 Å². The molecule has 0 saturated carbocycles. The van der Waals surface area contributed by atoms with Crippen molar-refractivity contribution in [1.82, 2.24) is 29.1 Å². The van der Waals surface area contributed by atoms with Gasteiger partial charge in [-0.25, -0.2) is 15.0 Å². The first-order chi connectivity index (χ1) is 18.6. The van der Waals surface area contributed by atoms with Crippen molar-refractivity contribution in [3.05, 3.63) is 24.8 Å². The minimum atomic E-state index is -0.461. The van der Waals surface area contributed by atoms with Gasteiger partial charge in [0.05, 0.1) is 38.5 Å². The Morgan fingerprint density at radius 3 is 2.58 bits per heavy atom. The highest BCUT2D eigenvalue weighted by molar-refractivity contribution is 5.94. The second-order valence-corrected chi connectivity index (χ2v) is 10.4. The fourth-order valence-corrected chi connectivity index (χ4v) is 5.65. The first-order valence-corrected chi connectivity index (χ1v) is 13.5. The number of aryl methyl sites for hydroxylation is 1. The highest BCUT2D eigenvalue weighted by Crippen LogP contribution is 2.37. The predicted molar refractivity (Wildman–Crippen MR) is 143 cm³/mol. The Labute approximate surface area is 221 Å². The van der Waals surface area contributed by atoms with Crippen LogP contribution in [0.25, 0.3) is 33.5 Å². The summed E-state index contributed by atoms with van der Waals surface area (Å²) in [7, 11) is 1.67. The number of ether oxygens (including phenoxy) is 2. The van der Waals surface area contributed by atoms with Crippen molar-refractivity contribution in [1.29, 1.82) is 0 Å². The monoisotopic (exact) mass is 521 g/mol. The first-order valence-electron chi connectivity index (χ1n) is 13.5. The second-order valence-electron chi connectivity index (χ2n) is 10.4. The number of imidazole rings is 2. The lowest BCUT2D eigenvalue weighted by molar-refractivity contribution is -0.0298. The average molecular weight is 522 g/mol. The Bertz CT molecular complexity index is 1430. The normalized spacial score (nSPS) is 19.9. The summed E-state index contributed by atoms with van der Waals surface area (Å²) in [5.74, 6) is 1.33. The number of hydrogen-bond acceptors (Lipinski definition) is 9. The maximum atomic E-state index is 9.89. The van der Waals surface area contributed by atoms with E-state index < -0.39 is 5.41 Å². The van der Waals surface area contributed by atoms with Gasteiger partial charge in [0.1, 0.15) is 28.7 Å². The van der Waals surface area contributed by atoms with Crippen LogP contribution in [0.15, 0.2) is 24.8 Å². The predicted octanol–water partition coefficient (Wildman–Crippen LogP) is 3.14. The van der Waals surface area contributed by atoms with Crippen LogP contribution in [0.1, 0.15) is 45.3 Å². The third-order valence-electron chi connectivity index (χ3n) is 8.17. The molecule has 5 heterocycles. The van der Waals surface area contributed by atoms with Crippen molar-refractivity contribution in [3.63, 3.8) is 0 Å². The second kappa shape index (κ2) is 10.1. The number of rotatable bonds is 7. The Kier molecular flexibility index (Phi) is 6.67. The van der Waals surface area contributed by atoms with Crippen molar-refractivity contribution in [2.24, 2.45) is 5.41 Å². The van der Waals surface area contributed by atoms with E-state index in [1.165, 1.54) is 0 Å². The van der Waals surface area contributed by atoms with Gasteiger partial charge in [0, 0.05) is 37.2 Å². The average Bonchev–Trinajstić information content (AvgIpc) is 3.61. The summed E-state index contributed by atoms with van der Waals surface area (Å²) in [4.78, 5) is 21.6. The van der Waals surface area contributed by atoms with Crippen LogP contribution in [-0.4, -0.2) is 79.3 Å². The van der Waals surface area contributed by atoms with Gasteiger partial charge in [0.15, 0.2) is 5.65 Å². The van der Waals surface area contributed by atoms with Crippen molar-refractivity contribution < 1.29 is 19.7 Å². The molecule has 1 unspecified atom stereocenters. The third kappa shape index (κ3) is 4.18. The molecule has 2 N–H and O–H groups in total. The SMILES string of the molecule is CCn1cnc2cc(-c3nc(N4CCC(CO)(CO)CC4)nc4c3ncn4C3CCCCO3)cc(OC)c21. The Hall–Kier alpha value is -3.28. The lowest BCUT2D eigenvalue weighted by Crippen LogP contribution is -2.44. The van der Waals surface area contributed by atoms with Gasteiger partial charge in [-0.2, -0.15) is 4.98 Å². The molecule has 0 amide bonds. The molecule has 2 fully saturated rings. The maximum absolute atomic E-state index is 9.89. The van der Waals surface area contributed by atoms with Crippen molar-refractivity contribution in [2.45, 2.75) is 51.8 Å². The van der Waals surface area contributed by atoms with Crippen LogP contribution in [0.4, 0.5) is 5.95 Å². The molecule has 0 radical (unpaired) electrons. The van der Waals surface area contributed by atoms with E-state index in [4.69, 9.17) is 24.4 Å². The molecule has 11 heteroatoms. The molecule has 0 bridgehead atoms. The number of aliphatic hydroxyl groups is 2. The van der Waals surface area contributed by atoms with Crippen LogP contribution in [-0.2, 0) is 11.3 Å². The summed E-state index contributed by atoms with van der Waals surface area (Å²) in [6.07, 6.45) is 7.92. The number of methoxy groups -OCH3 is 1. The number of nitrogens with zero attached hydrogens (tertiary/aromatic N) is 7. The summed E-state index contributed by atoms with van der Waals surface area (Å²) >= 11 is 0. The smallest absolute Gasteiger partial charge is 0.228 e. The Morgan fingerprint density at radius 2 is 1.89 bits per heavy atom. The van der Waals surface area contributed by atoms with Gasteiger partial charge in [-0.15, -0.1) is 0 Å². The molecule has 4 aromatic rings. The van der Waals surface area contributed by atoms with E-state index in [9.17, 15) is 10.2 Å². The zero-order chi connectivity index (χ0) is 26.3. The third-order valence-corrected chi connectivity index (χ3v) is 8.17. The number of piperidine rings is 1. The van der Waals surface area contributed by atoms with Crippen LogP contribution in [0.3, 0.4) is 0 Å². The Morgan fingerprint density at radius 1 is 1.08 bits per heavy atom. The quantitative estimate of drug-likeness (QED) is 0.377. The molecular formula is C27H35N7O4. The van der Waals surface area contributed by atoms with E-state index in [1.54, 1.807) is 7.11 Å². The minimum Gasteiger partial charge on any atom is -0.494 e. The number of aliphatic hydroxyl groups excluding tert-OH is 2. The molecule has 1 aromatic carbocycles. The van der Waals surface area contributed by atoms with E-state index in [0.29, 0.717) is 43.1 Å². The number of anilines is 1. The van der Waals surface area contributed by atoms with Crippen LogP contribution in [0.2, 0.25) is 0 Å². The molecule has 2 saturated heterocycles. The van der Waals surface area contributed by atoms with E-state index >= 15 is 0 Å². The van der Waals surface area contributed by atoms with E-state index in [0.717, 1.165) is 60.4 Å². The van der Waals surface area contributed by atoms with E-state index in [2.05, 4.69) is 21.4 Å². The number of benzene rings is 1.